The van der Waals surface area contributed by atoms with Gasteiger partial charge >= 0.3 is 16.1 Å². The summed E-state index contributed by atoms with van der Waals surface area (Å²) in [5.41, 5.74) is 6.73. The van der Waals surface area contributed by atoms with E-state index in [4.69, 9.17) is 24.6 Å². The van der Waals surface area contributed by atoms with Crippen molar-refractivity contribution < 1.29 is 37.2 Å². The van der Waals surface area contributed by atoms with Crippen molar-refractivity contribution in [3.63, 3.8) is 0 Å². The van der Waals surface area contributed by atoms with Crippen molar-refractivity contribution in [1.82, 2.24) is 19.5 Å². The number of phosphoric ester groups is 1. The van der Waals surface area contributed by atoms with Crippen LogP contribution in [0.4, 0.5) is 5.82 Å². The molecule has 17 heteroatoms. The minimum absolute atomic E-state index is 0.0441. The number of fused-ring (bicyclic) bond motifs is 1. The molecule has 178 valence electrons. The van der Waals surface area contributed by atoms with Crippen LogP contribution >= 0.6 is 37.7 Å². The maximum absolute atomic E-state index is 11.8. The Balaban J connectivity index is 1.71. The number of hydrogen-bond acceptors (Lipinski definition) is 12. The number of ether oxygens (including phenoxy) is 2. The fourth-order valence-corrected chi connectivity index (χ4v) is 6.11. The fourth-order valence-electron chi connectivity index (χ4n) is 2.87. The predicted molar refractivity (Wildman–Crippen MR) is 120 cm³/mol. The predicted octanol–water partition coefficient (Wildman–Crippen LogP) is 3.00. The number of imidazole rings is 1. The van der Waals surface area contributed by atoms with Gasteiger partial charge in [0, 0.05) is 15.7 Å². The zero-order chi connectivity index (χ0) is 23.5. The molecule has 3 heterocycles. The zero-order valence-electron chi connectivity index (χ0n) is 17.4. The number of phosphoric acid groups is 1. The minimum Gasteiger partial charge on any atom is -0.382 e. The standard InChI is InChI=1S/C15H23N5O8P2S2/c1-15(2,3)32-31-8-25-9-4-11(20-7-19-12-13(16)17-6-18-14(12)20)27-10(9)5-26-30(23,24)28-29(21)22/h6-7,9-11H,4-5,8H2,1-3H3,(H3-,16,17,18,21,22,23,24)/p+1/t9-,10-,11-/m1/s1. The van der Waals surface area contributed by atoms with Gasteiger partial charge in [0.05, 0.1) is 19.0 Å². The van der Waals surface area contributed by atoms with Gasteiger partial charge in [0.25, 0.3) is 0 Å². The molecule has 0 aliphatic carbocycles. The van der Waals surface area contributed by atoms with Crippen molar-refractivity contribution >= 4 is 54.6 Å². The molecule has 0 bridgehead atoms. The molecule has 2 aromatic heterocycles. The molecule has 1 fully saturated rings. The van der Waals surface area contributed by atoms with Crippen LogP contribution in [0.5, 0.6) is 0 Å². The van der Waals surface area contributed by atoms with Gasteiger partial charge < -0.3 is 15.2 Å². The Morgan fingerprint density at radius 1 is 1.41 bits per heavy atom. The Labute approximate surface area is 192 Å². The maximum Gasteiger partial charge on any atom is 0.705 e. The summed E-state index contributed by atoms with van der Waals surface area (Å²) < 4.78 is 45.1. The van der Waals surface area contributed by atoms with Gasteiger partial charge in [-0.15, -0.1) is 4.89 Å². The van der Waals surface area contributed by atoms with E-state index in [0.717, 1.165) is 0 Å². The van der Waals surface area contributed by atoms with Crippen LogP contribution in [0.25, 0.3) is 11.2 Å². The Morgan fingerprint density at radius 2 is 2.16 bits per heavy atom. The SMILES string of the molecule is CC(C)(C)SSCO[C@@H]1C[C@H](n2cnc3c(N)ncnc32)O[C@@H]1COP(=O)(O)O[P+](=O)O. The van der Waals surface area contributed by atoms with Crippen molar-refractivity contribution in [3.05, 3.63) is 12.7 Å². The average molecular weight is 528 g/mol. The van der Waals surface area contributed by atoms with Crippen LogP contribution in [-0.4, -0.2) is 58.8 Å². The molecule has 1 saturated heterocycles. The normalized spacial score (nSPS) is 24.0. The van der Waals surface area contributed by atoms with E-state index < -0.39 is 41.1 Å². The van der Waals surface area contributed by atoms with E-state index in [-0.39, 0.29) is 10.6 Å². The summed E-state index contributed by atoms with van der Waals surface area (Å²) in [5.74, 6) is 0.570. The molecule has 0 saturated carbocycles. The number of nitrogen functional groups attached to an aromatic ring is 1. The molecule has 0 aromatic carbocycles. The highest BCUT2D eigenvalue weighted by Gasteiger charge is 2.42. The second-order valence-corrected chi connectivity index (χ2v) is 13.1. The minimum atomic E-state index is -4.74. The highest BCUT2D eigenvalue weighted by atomic mass is 33.1. The number of nitrogens with zero attached hydrogens (tertiary/aromatic N) is 4. The molecule has 5 atom stereocenters. The van der Waals surface area contributed by atoms with Crippen LogP contribution in [0, 0.1) is 0 Å². The molecule has 0 amide bonds. The maximum atomic E-state index is 11.8. The van der Waals surface area contributed by atoms with Gasteiger partial charge in [0.2, 0.25) is 0 Å². The molecular weight excluding hydrogens is 504 g/mol. The van der Waals surface area contributed by atoms with Crippen LogP contribution in [0.1, 0.15) is 33.4 Å². The number of nitrogens with two attached hydrogens (primary N) is 1. The number of anilines is 1. The van der Waals surface area contributed by atoms with Crippen molar-refractivity contribution in [2.75, 3.05) is 18.3 Å². The van der Waals surface area contributed by atoms with E-state index in [1.165, 1.54) is 23.4 Å². The lowest BCUT2D eigenvalue weighted by atomic mass is 10.2. The third-order valence-corrected chi connectivity index (χ3v) is 8.94. The summed E-state index contributed by atoms with van der Waals surface area (Å²) in [5, 5.41) is 0. The summed E-state index contributed by atoms with van der Waals surface area (Å²) in [6, 6.07) is 0. The van der Waals surface area contributed by atoms with E-state index in [1.807, 2.05) is 0 Å². The van der Waals surface area contributed by atoms with Crippen LogP contribution < -0.4 is 5.73 Å². The van der Waals surface area contributed by atoms with Gasteiger partial charge in [0.1, 0.15) is 30.1 Å². The lowest BCUT2D eigenvalue weighted by Gasteiger charge is -2.20. The molecule has 2 aromatic rings. The summed E-state index contributed by atoms with van der Waals surface area (Å²) in [4.78, 5) is 30.6. The van der Waals surface area contributed by atoms with Gasteiger partial charge in [-0.3, -0.25) is 14.0 Å². The third kappa shape index (κ3) is 7.07. The van der Waals surface area contributed by atoms with Crippen LogP contribution in [0.2, 0.25) is 0 Å². The van der Waals surface area contributed by atoms with Gasteiger partial charge in [-0.2, -0.15) is 0 Å². The molecule has 4 N–H and O–H groups in total. The van der Waals surface area contributed by atoms with Crippen molar-refractivity contribution in [2.24, 2.45) is 0 Å². The summed E-state index contributed by atoms with van der Waals surface area (Å²) in [6.45, 7) is 5.84. The summed E-state index contributed by atoms with van der Waals surface area (Å²) in [7, 11) is -4.88. The van der Waals surface area contributed by atoms with Gasteiger partial charge in [-0.25, -0.2) is 19.5 Å². The molecular formula is C15H24N5O8P2S2+. The van der Waals surface area contributed by atoms with Crippen LogP contribution in [0.3, 0.4) is 0 Å². The fraction of sp³-hybridized carbons (Fsp3) is 0.667. The lowest BCUT2D eigenvalue weighted by Crippen LogP contribution is -2.28. The van der Waals surface area contributed by atoms with Gasteiger partial charge in [-0.05, 0) is 4.31 Å². The monoisotopic (exact) mass is 528 g/mol. The first-order valence-electron chi connectivity index (χ1n) is 9.29. The molecule has 0 radical (unpaired) electrons. The summed E-state index contributed by atoms with van der Waals surface area (Å²) >= 11 is 0. The Hall–Kier alpha value is -0.860. The smallest absolute Gasteiger partial charge is 0.382 e. The molecule has 1 aliphatic heterocycles. The van der Waals surface area contributed by atoms with Crippen molar-refractivity contribution in [3.8, 4) is 0 Å². The van der Waals surface area contributed by atoms with E-state index in [2.05, 4.69) is 40.0 Å². The topological polar surface area (TPSA) is 181 Å². The van der Waals surface area contributed by atoms with Crippen molar-refractivity contribution in [1.29, 1.82) is 0 Å². The first-order chi connectivity index (χ1) is 15.0. The average Bonchev–Trinajstić information content (AvgIpc) is 3.26. The molecule has 13 nitrogen and oxygen atoms in total. The quantitative estimate of drug-likeness (QED) is 0.177. The Bertz CT molecular complexity index is 1010. The van der Waals surface area contributed by atoms with E-state index in [0.29, 0.717) is 23.5 Å². The Kier molecular flexibility index (Phi) is 8.53. The first kappa shape index (κ1) is 25.8. The van der Waals surface area contributed by atoms with Crippen LogP contribution in [-0.2, 0) is 27.4 Å². The second-order valence-electron chi connectivity index (χ2n) is 7.67. The molecule has 1 aliphatic rings. The van der Waals surface area contributed by atoms with E-state index >= 15 is 0 Å². The second kappa shape index (κ2) is 10.6. The third-order valence-electron chi connectivity index (χ3n) is 4.09. The zero-order valence-corrected chi connectivity index (χ0v) is 20.9. The van der Waals surface area contributed by atoms with Crippen LogP contribution in [0.15, 0.2) is 12.7 Å². The Morgan fingerprint density at radius 3 is 2.84 bits per heavy atom. The molecule has 0 spiro atoms. The van der Waals surface area contributed by atoms with Gasteiger partial charge in [0.15, 0.2) is 11.5 Å². The number of rotatable bonds is 10. The highest BCUT2D eigenvalue weighted by molar-refractivity contribution is 8.77. The lowest BCUT2D eigenvalue weighted by molar-refractivity contribution is -0.0519. The first-order valence-corrected chi connectivity index (χ1v) is 14.2. The van der Waals surface area contributed by atoms with E-state index in [1.54, 1.807) is 15.4 Å². The highest BCUT2D eigenvalue weighted by Crippen LogP contribution is 2.51. The largest absolute Gasteiger partial charge is 0.705 e. The summed E-state index contributed by atoms with van der Waals surface area (Å²) in [6.07, 6.45) is 1.36. The van der Waals surface area contributed by atoms with Crippen molar-refractivity contribution in [2.45, 2.75) is 50.4 Å². The number of aromatic nitrogens is 4. The van der Waals surface area contributed by atoms with E-state index in [9.17, 15) is 14.0 Å². The van der Waals surface area contributed by atoms with Gasteiger partial charge in [-0.1, -0.05) is 42.4 Å². The molecule has 32 heavy (non-hydrogen) atoms. The number of hydrogen-bond donors (Lipinski definition) is 3. The molecule has 3 rings (SSSR count). The molecule has 2 unspecified atom stereocenters.